The Bertz CT molecular complexity index is 308. The monoisotopic (exact) mass is 206 g/mol. The maximum absolute atomic E-state index is 5.57. The standard InChI is InChI=1S/C12H18N2O/c1-10-9-13-6-5-12(10)14-7-4-11-3-2-8-15-11/h5-6,9,11H,2-4,7-8H2,1H3,(H,13,14). The lowest BCUT2D eigenvalue weighted by molar-refractivity contribution is 0.107. The molecule has 1 fully saturated rings. The third kappa shape index (κ3) is 2.93. The van der Waals surface area contributed by atoms with Gasteiger partial charge < -0.3 is 10.1 Å². The number of ether oxygens (including phenoxy) is 1. The van der Waals surface area contributed by atoms with E-state index in [1.165, 1.54) is 24.1 Å². The highest BCUT2D eigenvalue weighted by atomic mass is 16.5. The number of hydrogen-bond acceptors (Lipinski definition) is 3. The molecule has 1 atom stereocenters. The summed E-state index contributed by atoms with van der Waals surface area (Å²) in [7, 11) is 0. The molecule has 1 N–H and O–H groups in total. The predicted molar refractivity (Wildman–Crippen MR) is 61.1 cm³/mol. The van der Waals surface area contributed by atoms with Crippen molar-refractivity contribution >= 4 is 5.69 Å². The molecule has 0 aliphatic carbocycles. The van der Waals surface area contributed by atoms with Crippen molar-refractivity contribution in [1.82, 2.24) is 4.98 Å². The Balaban J connectivity index is 1.75. The summed E-state index contributed by atoms with van der Waals surface area (Å²) in [6.45, 7) is 4.00. The quantitative estimate of drug-likeness (QED) is 0.821. The summed E-state index contributed by atoms with van der Waals surface area (Å²) < 4.78 is 5.57. The third-order valence-electron chi connectivity index (χ3n) is 2.83. The van der Waals surface area contributed by atoms with Gasteiger partial charge in [-0.2, -0.15) is 0 Å². The van der Waals surface area contributed by atoms with E-state index in [1.54, 1.807) is 0 Å². The first kappa shape index (κ1) is 10.4. The molecule has 1 aliphatic rings. The van der Waals surface area contributed by atoms with Crippen molar-refractivity contribution in [2.45, 2.75) is 32.3 Å². The van der Waals surface area contributed by atoms with Crippen molar-refractivity contribution in [2.75, 3.05) is 18.5 Å². The third-order valence-corrected chi connectivity index (χ3v) is 2.83. The van der Waals surface area contributed by atoms with Crippen molar-refractivity contribution < 1.29 is 4.74 Å². The zero-order valence-corrected chi connectivity index (χ0v) is 9.20. The van der Waals surface area contributed by atoms with E-state index in [2.05, 4.69) is 17.2 Å². The van der Waals surface area contributed by atoms with E-state index in [0.717, 1.165) is 19.6 Å². The van der Waals surface area contributed by atoms with Gasteiger partial charge in [0.05, 0.1) is 6.10 Å². The van der Waals surface area contributed by atoms with Gasteiger partial charge in [0.2, 0.25) is 0 Å². The SMILES string of the molecule is Cc1cnccc1NCCC1CCCO1. The normalized spacial score (nSPS) is 20.5. The minimum absolute atomic E-state index is 0.472. The van der Waals surface area contributed by atoms with E-state index >= 15 is 0 Å². The topological polar surface area (TPSA) is 34.2 Å². The van der Waals surface area contributed by atoms with Gasteiger partial charge in [0.15, 0.2) is 0 Å². The van der Waals surface area contributed by atoms with Gasteiger partial charge in [-0.15, -0.1) is 0 Å². The Morgan fingerprint density at radius 1 is 1.60 bits per heavy atom. The van der Waals surface area contributed by atoms with Gasteiger partial charge in [0.1, 0.15) is 0 Å². The van der Waals surface area contributed by atoms with Crippen molar-refractivity contribution in [3.8, 4) is 0 Å². The molecule has 1 unspecified atom stereocenters. The van der Waals surface area contributed by atoms with Crippen LogP contribution < -0.4 is 5.32 Å². The van der Waals surface area contributed by atoms with Gasteiger partial charge in [-0.1, -0.05) is 0 Å². The number of pyridine rings is 1. The second-order valence-corrected chi connectivity index (χ2v) is 4.04. The van der Waals surface area contributed by atoms with Crippen LogP contribution in [0.5, 0.6) is 0 Å². The number of anilines is 1. The van der Waals surface area contributed by atoms with Crippen LogP contribution in [0.25, 0.3) is 0 Å². The van der Waals surface area contributed by atoms with Crippen LogP contribution in [0, 0.1) is 6.92 Å². The number of aromatic nitrogens is 1. The van der Waals surface area contributed by atoms with Crippen molar-refractivity contribution in [2.24, 2.45) is 0 Å². The first-order valence-corrected chi connectivity index (χ1v) is 5.62. The molecule has 15 heavy (non-hydrogen) atoms. The summed E-state index contributed by atoms with van der Waals surface area (Å²) >= 11 is 0. The van der Waals surface area contributed by atoms with E-state index in [-0.39, 0.29) is 0 Å². The molecule has 2 heterocycles. The van der Waals surface area contributed by atoms with Gasteiger partial charge >= 0.3 is 0 Å². The molecule has 0 radical (unpaired) electrons. The first-order chi connectivity index (χ1) is 7.36. The van der Waals surface area contributed by atoms with Gasteiger partial charge in [-0.05, 0) is 37.8 Å². The van der Waals surface area contributed by atoms with Crippen molar-refractivity contribution in [3.05, 3.63) is 24.0 Å². The van der Waals surface area contributed by atoms with Gasteiger partial charge in [0.25, 0.3) is 0 Å². The zero-order chi connectivity index (χ0) is 10.5. The summed E-state index contributed by atoms with van der Waals surface area (Å²) in [5.74, 6) is 0. The second kappa shape index (κ2) is 5.12. The molecule has 0 spiro atoms. The molecule has 0 bridgehead atoms. The van der Waals surface area contributed by atoms with E-state index in [9.17, 15) is 0 Å². The minimum atomic E-state index is 0.472. The second-order valence-electron chi connectivity index (χ2n) is 4.04. The van der Waals surface area contributed by atoms with Crippen molar-refractivity contribution in [3.63, 3.8) is 0 Å². The highest BCUT2D eigenvalue weighted by molar-refractivity contribution is 5.48. The Hall–Kier alpha value is -1.09. The Kier molecular flexibility index (Phi) is 3.56. The lowest BCUT2D eigenvalue weighted by Gasteiger charge is -2.12. The molecule has 0 aromatic carbocycles. The minimum Gasteiger partial charge on any atom is -0.385 e. The number of nitrogens with zero attached hydrogens (tertiary/aromatic N) is 1. The summed E-state index contributed by atoms with van der Waals surface area (Å²) in [6, 6.07) is 2.02. The molecular weight excluding hydrogens is 188 g/mol. The summed E-state index contributed by atoms with van der Waals surface area (Å²) in [6.07, 6.45) is 7.72. The maximum Gasteiger partial charge on any atom is 0.0592 e. The van der Waals surface area contributed by atoms with Crippen LogP contribution in [0.2, 0.25) is 0 Å². The fraction of sp³-hybridized carbons (Fsp3) is 0.583. The van der Waals surface area contributed by atoms with Crippen LogP contribution in [0.15, 0.2) is 18.5 Å². The summed E-state index contributed by atoms with van der Waals surface area (Å²) in [5, 5.41) is 3.42. The molecule has 0 saturated carbocycles. The molecule has 1 aliphatic heterocycles. The largest absolute Gasteiger partial charge is 0.385 e. The molecule has 1 aromatic rings. The van der Waals surface area contributed by atoms with E-state index in [0.29, 0.717) is 6.10 Å². The van der Waals surface area contributed by atoms with Crippen LogP contribution in [0.4, 0.5) is 5.69 Å². The fourth-order valence-corrected chi connectivity index (χ4v) is 1.91. The lowest BCUT2D eigenvalue weighted by Crippen LogP contribution is -2.12. The molecule has 2 rings (SSSR count). The van der Waals surface area contributed by atoms with Gasteiger partial charge in [0, 0.05) is 31.2 Å². The Morgan fingerprint density at radius 3 is 3.27 bits per heavy atom. The van der Waals surface area contributed by atoms with Crippen LogP contribution >= 0.6 is 0 Å². The van der Waals surface area contributed by atoms with Gasteiger partial charge in [-0.25, -0.2) is 0 Å². The highest BCUT2D eigenvalue weighted by Crippen LogP contribution is 2.16. The molecule has 0 amide bonds. The first-order valence-electron chi connectivity index (χ1n) is 5.62. The van der Waals surface area contributed by atoms with Gasteiger partial charge in [-0.3, -0.25) is 4.98 Å². The van der Waals surface area contributed by atoms with Crippen LogP contribution in [-0.2, 0) is 4.74 Å². The van der Waals surface area contributed by atoms with Crippen LogP contribution in [0.1, 0.15) is 24.8 Å². The average molecular weight is 206 g/mol. The summed E-state index contributed by atoms with van der Waals surface area (Å²) in [4.78, 5) is 4.07. The Morgan fingerprint density at radius 2 is 2.53 bits per heavy atom. The maximum atomic E-state index is 5.57. The molecule has 3 heteroatoms. The smallest absolute Gasteiger partial charge is 0.0592 e. The predicted octanol–water partition coefficient (Wildman–Crippen LogP) is 2.37. The van der Waals surface area contributed by atoms with Crippen LogP contribution in [-0.4, -0.2) is 24.2 Å². The van der Waals surface area contributed by atoms with Crippen LogP contribution in [0.3, 0.4) is 0 Å². The number of aryl methyl sites for hydroxylation is 1. The van der Waals surface area contributed by atoms with E-state index < -0.39 is 0 Å². The molecule has 3 nitrogen and oxygen atoms in total. The molecule has 1 saturated heterocycles. The van der Waals surface area contributed by atoms with Crippen molar-refractivity contribution in [1.29, 1.82) is 0 Å². The summed E-state index contributed by atoms with van der Waals surface area (Å²) in [5.41, 5.74) is 2.38. The average Bonchev–Trinajstić information content (AvgIpc) is 2.74. The highest BCUT2D eigenvalue weighted by Gasteiger charge is 2.14. The number of rotatable bonds is 4. The lowest BCUT2D eigenvalue weighted by atomic mass is 10.2. The van der Waals surface area contributed by atoms with E-state index in [1.807, 2.05) is 18.5 Å². The number of nitrogens with one attached hydrogen (secondary N) is 1. The zero-order valence-electron chi connectivity index (χ0n) is 9.20. The molecule has 82 valence electrons. The molecular formula is C12H18N2O. The Labute approximate surface area is 90.9 Å². The molecule has 1 aromatic heterocycles. The number of hydrogen-bond donors (Lipinski definition) is 1. The van der Waals surface area contributed by atoms with E-state index in [4.69, 9.17) is 4.74 Å². The fourth-order valence-electron chi connectivity index (χ4n) is 1.91.